The van der Waals surface area contributed by atoms with Crippen molar-refractivity contribution < 1.29 is 4.79 Å². The van der Waals surface area contributed by atoms with Gasteiger partial charge in [0.25, 0.3) is 0 Å². The van der Waals surface area contributed by atoms with E-state index < -0.39 is 0 Å². The molecule has 6 heteroatoms. The number of hydrogen-bond acceptors (Lipinski definition) is 4. The van der Waals surface area contributed by atoms with Crippen LogP contribution in [-0.2, 0) is 11.3 Å². The quantitative estimate of drug-likeness (QED) is 0.440. The SMILES string of the molecule is Cc1cc(-c2ccccc2)nc(SCC(=O)N(C)Cc2cccc(Cl)c2)n1. The van der Waals surface area contributed by atoms with Gasteiger partial charge in [0.05, 0.1) is 11.4 Å². The van der Waals surface area contributed by atoms with Gasteiger partial charge in [-0.05, 0) is 30.7 Å². The number of carbonyl (C=O) groups is 1. The molecule has 0 N–H and O–H groups in total. The summed E-state index contributed by atoms with van der Waals surface area (Å²) in [5.74, 6) is 0.306. The van der Waals surface area contributed by atoms with Gasteiger partial charge in [-0.1, -0.05) is 65.8 Å². The number of nitrogens with zero attached hydrogens (tertiary/aromatic N) is 3. The van der Waals surface area contributed by atoms with Gasteiger partial charge in [-0.3, -0.25) is 4.79 Å². The van der Waals surface area contributed by atoms with Crippen molar-refractivity contribution in [2.75, 3.05) is 12.8 Å². The third kappa shape index (κ3) is 5.55. The van der Waals surface area contributed by atoms with Crippen molar-refractivity contribution in [2.24, 2.45) is 0 Å². The van der Waals surface area contributed by atoms with Crippen LogP contribution in [0.5, 0.6) is 0 Å². The van der Waals surface area contributed by atoms with E-state index in [1.54, 1.807) is 11.9 Å². The predicted octanol–water partition coefficient (Wildman–Crippen LogP) is 4.86. The van der Waals surface area contributed by atoms with Crippen LogP contribution in [0.2, 0.25) is 5.02 Å². The Bertz CT molecular complexity index is 934. The number of benzene rings is 2. The molecule has 0 aliphatic heterocycles. The highest BCUT2D eigenvalue weighted by molar-refractivity contribution is 7.99. The molecule has 0 saturated heterocycles. The Morgan fingerprint density at radius 1 is 1.07 bits per heavy atom. The second-order valence-electron chi connectivity index (χ2n) is 6.21. The molecule has 138 valence electrons. The number of aryl methyl sites for hydroxylation is 1. The standard InChI is InChI=1S/C21H20ClN3OS/c1-15-11-19(17-8-4-3-5-9-17)24-21(23-15)27-14-20(26)25(2)13-16-7-6-10-18(22)12-16/h3-12H,13-14H2,1-2H3. The minimum absolute atomic E-state index is 0.0198. The lowest BCUT2D eigenvalue weighted by Crippen LogP contribution is -2.27. The lowest BCUT2D eigenvalue weighted by atomic mass is 10.1. The van der Waals surface area contributed by atoms with Crippen LogP contribution in [0.1, 0.15) is 11.3 Å². The number of aromatic nitrogens is 2. The monoisotopic (exact) mass is 397 g/mol. The first-order chi connectivity index (χ1) is 13.0. The van der Waals surface area contributed by atoms with Crippen molar-refractivity contribution in [1.29, 1.82) is 0 Å². The van der Waals surface area contributed by atoms with Crippen LogP contribution < -0.4 is 0 Å². The van der Waals surface area contributed by atoms with Crippen LogP contribution in [0.25, 0.3) is 11.3 Å². The molecular formula is C21H20ClN3OS. The largest absolute Gasteiger partial charge is 0.341 e. The molecule has 4 nitrogen and oxygen atoms in total. The van der Waals surface area contributed by atoms with Crippen molar-refractivity contribution in [2.45, 2.75) is 18.6 Å². The fourth-order valence-electron chi connectivity index (χ4n) is 2.60. The summed E-state index contributed by atoms with van der Waals surface area (Å²) in [6, 6.07) is 19.4. The maximum absolute atomic E-state index is 12.5. The fourth-order valence-corrected chi connectivity index (χ4v) is 3.65. The average molecular weight is 398 g/mol. The molecule has 0 spiro atoms. The van der Waals surface area contributed by atoms with Crippen molar-refractivity contribution in [3.8, 4) is 11.3 Å². The zero-order chi connectivity index (χ0) is 19.2. The normalized spacial score (nSPS) is 10.6. The van der Waals surface area contributed by atoms with E-state index in [1.807, 2.05) is 67.6 Å². The van der Waals surface area contributed by atoms with Gasteiger partial charge in [-0.25, -0.2) is 9.97 Å². The Morgan fingerprint density at radius 3 is 2.59 bits per heavy atom. The highest BCUT2D eigenvalue weighted by Crippen LogP contribution is 2.22. The summed E-state index contributed by atoms with van der Waals surface area (Å²) >= 11 is 7.36. The number of halogens is 1. The second-order valence-corrected chi connectivity index (χ2v) is 7.59. The van der Waals surface area contributed by atoms with E-state index in [0.29, 0.717) is 16.7 Å². The maximum atomic E-state index is 12.5. The molecule has 0 unspecified atom stereocenters. The summed E-state index contributed by atoms with van der Waals surface area (Å²) < 4.78 is 0. The van der Waals surface area contributed by atoms with Gasteiger partial charge in [-0.15, -0.1) is 0 Å². The summed E-state index contributed by atoms with van der Waals surface area (Å²) in [6.45, 7) is 2.45. The van der Waals surface area contributed by atoms with Crippen LogP contribution in [0.15, 0.2) is 65.8 Å². The number of carbonyl (C=O) groups excluding carboxylic acids is 1. The van der Waals surface area contributed by atoms with E-state index in [4.69, 9.17) is 11.6 Å². The number of thioether (sulfide) groups is 1. The molecule has 0 saturated carbocycles. The Balaban J connectivity index is 1.64. The molecule has 0 aliphatic carbocycles. The van der Waals surface area contributed by atoms with Crippen LogP contribution in [0.3, 0.4) is 0 Å². The van der Waals surface area contributed by atoms with E-state index in [0.717, 1.165) is 22.5 Å². The number of amides is 1. The summed E-state index contributed by atoms with van der Waals surface area (Å²) in [5.41, 5.74) is 3.78. The highest BCUT2D eigenvalue weighted by Gasteiger charge is 2.12. The first kappa shape index (κ1) is 19.4. The topological polar surface area (TPSA) is 46.1 Å². The van der Waals surface area contributed by atoms with Gasteiger partial charge >= 0.3 is 0 Å². The molecule has 0 fully saturated rings. The first-order valence-corrected chi connectivity index (χ1v) is 9.90. The van der Waals surface area contributed by atoms with Crippen LogP contribution in [0.4, 0.5) is 0 Å². The van der Waals surface area contributed by atoms with Crippen LogP contribution in [-0.4, -0.2) is 33.6 Å². The van der Waals surface area contributed by atoms with Gasteiger partial charge in [0.2, 0.25) is 5.91 Å². The van der Waals surface area contributed by atoms with Crippen molar-refractivity contribution >= 4 is 29.3 Å². The van der Waals surface area contributed by atoms with Gasteiger partial charge < -0.3 is 4.90 Å². The summed E-state index contributed by atoms with van der Waals surface area (Å²) in [6.07, 6.45) is 0. The van der Waals surface area contributed by atoms with Crippen molar-refractivity contribution in [3.05, 3.63) is 76.9 Å². The molecule has 2 aromatic carbocycles. The lowest BCUT2D eigenvalue weighted by Gasteiger charge is -2.17. The zero-order valence-electron chi connectivity index (χ0n) is 15.2. The van der Waals surface area contributed by atoms with Gasteiger partial charge in [0.1, 0.15) is 0 Å². The predicted molar refractivity (Wildman–Crippen MR) is 111 cm³/mol. The molecule has 0 radical (unpaired) electrons. The average Bonchev–Trinajstić information content (AvgIpc) is 2.66. The first-order valence-electron chi connectivity index (χ1n) is 8.53. The highest BCUT2D eigenvalue weighted by atomic mass is 35.5. The van der Waals surface area contributed by atoms with Gasteiger partial charge in [0.15, 0.2) is 5.16 Å². The summed E-state index contributed by atoms with van der Waals surface area (Å²) in [5, 5.41) is 1.28. The van der Waals surface area contributed by atoms with Gasteiger partial charge in [0, 0.05) is 29.9 Å². The minimum atomic E-state index is 0.0198. The molecule has 3 rings (SSSR count). The Labute approximate surface area is 168 Å². The molecule has 0 aliphatic rings. The molecule has 1 heterocycles. The molecular weight excluding hydrogens is 378 g/mol. The minimum Gasteiger partial charge on any atom is -0.341 e. The van der Waals surface area contributed by atoms with E-state index in [1.165, 1.54) is 11.8 Å². The summed E-state index contributed by atoms with van der Waals surface area (Å²) in [7, 11) is 1.79. The smallest absolute Gasteiger partial charge is 0.233 e. The van der Waals surface area contributed by atoms with E-state index >= 15 is 0 Å². The number of hydrogen-bond donors (Lipinski definition) is 0. The molecule has 1 amide bonds. The Kier molecular flexibility index (Phi) is 6.48. The number of rotatable bonds is 6. The molecule has 27 heavy (non-hydrogen) atoms. The molecule has 0 atom stereocenters. The second kappa shape index (κ2) is 9.02. The molecule has 3 aromatic rings. The van der Waals surface area contributed by atoms with Crippen LogP contribution in [0, 0.1) is 6.92 Å². The van der Waals surface area contributed by atoms with E-state index in [-0.39, 0.29) is 11.7 Å². The third-order valence-corrected chi connectivity index (χ3v) is 5.03. The molecule has 0 bridgehead atoms. The Morgan fingerprint density at radius 2 is 1.85 bits per heavy atom. The lowest BCUT2D eigenvalue weighted by molar-refractivity contribution is -0.127. The third-order valence-electron chi connectivity index (χ3n) is 3.96. The molecule has 1 aromatic heterocycles. The van der Waals surface area contributed by atoms with E-state index in [2.05, 4.69) is 9.97 Å². The van der Waals surface area contributed by atoms with Crippen LogP contribution >= 0.6 is 23.4 Å². The van der Waals surface area contributed by atoms with Gasteiger partial charge in [-0.2, -0.15) is 0 Å². The van der Waals surface area contributed by atoms with E-state index in [9.17, 15) is 4.79 Å². The fraction of sp³-hybridized carbons (Fsp3) is 0.190. The van der Waals surface area contributed by atoms with Crippen molar-refractivity contribution in [1.82, 2.24) is 14.9 Å². The Hall–Kier alpha value is -2.37. The van der Waals surface area contributed by atoms with Crippen molar-refractivity contribution in [3.63, 3.8) is 0 Å². The summed E-state index contributed by atoms with van der Waals surface area (Å²) in [4.78, 5) is 23.2. The zero-order valence-corrected chi connectivity index (χ0v) is 16.8. The maximum Gasteiger partial charge on any atom is 0.233 e.